The molecule has 5 heteroatoms. The molecular weight excluding hydrogens is 480 g/mol. The quantitative estimate of drug-likeness (QED) is 0.300. The highest BCUT2D eigenvalue weighted by molar-refractivity contribution is 9.10. The van der Waals surface area contributed by atoms with Gasteiger partial charge in [0, 0.05) is 39.9 Å². The van der Waals surface area contributed by atoms with Gasteiger partial charge in [0.25, 0.3) is 0 Å². The van der Waals surface area contributed by atoms with Crippen LogP contribution < -0.4 is 10.1 Å². The van der Waals surface area contributed by atoms with Crippen LogP contribution in [0.5, 0.6) is 5.75 Å². The topological polar surface area (TPSA) is 24.5 Å². The number of methoxy groups -OCH3 is 1. The molecule has 0 spiro atoms. The number of thioether (sulfide) groups is 1. The van der Waals surface area contributed by atoms with Crippen LogP contribution in [0.2, 0.25) is 0 Å². The van der Waals surface area contributed by atoms with E-state index in [0.29, 0.717) is 6.04 Å². The zero-order chi connectivity index (χ0) is 22.2. The van der Waals surface area contributed by atoms with Crippen molar-refractivity contribution in [2.45, 2.75) is 36.0 Å². The van der Waals surface area contributed by atoms with Gasteiger partial charge in [0.1, 0.15) is 5.75 Å². The molecule has 0 saturated carbocycles. The Morgan fingerprint density at radius 1 is 1.03 bits per heavy atom. The van der Waals surface area contributed by atoms with Crippen molar-refractivity contribution in [3.05, 3.63) is 88.4 Å². The number of anilines is 1. The molecule has 0 aliphatic carbocycles. The van der Waals surface area contributed by atoms with E-state index in [1.165, 1.54) is 45.6 Å². The molecule has 1 fully saturated rings. The van der Waals surface area contributed by atoms with Crippen LogP contribution in [0.25, 0.3) is 0 Å². The highest BCUT2D eigenvalue weighted by atomic mass is 79.9. The molecule has 1 atom stereocenters. The summed E-state index contributed by atoms with van der Waals surface area (Å²) in [6, 6.07) is 26.2. The van der Waals surface area contributed by atoms with Gasteiger partial charge in [-0.1, -0.05) is 58.4 Å². The van der Waals surface area contributed by atoms with Crippen LogP contribution >= 0.6 is 27.7 Å². The third-order valence-electron chi connectivity index (χ3n) is 6.10. The molecule has 4 rings (SSSR count). The van der Waals surface area contributed by atoms with E-state index in [1.54, 1.807) is 7.11 Å². The smallest absolute Gasteiger partial charge is 0.118 e. The van der Waals surface area contributed by atoms with Gasteiger partial charge >= 0.3 is 0 Å². The van der Waals surface area contributed by atoms with E-state index in [-0.39, 0.29) is 0 Å². The van der Waals surface area contributed by atoms with Crippen LogP contribution in [0.4, 0.5) is 5.69 Å². The summed E-state index contributed by atoms with van der Waals surface area (Å²) in [4.78, 5) is 3.96. The van der Waals surface area contributed by atoms with Gasteiger partial charge in [0.15, 0.2) is 0 Å². The molecular formula is C27H31BrN2OS. The average Bonchev–Trinajstić information content (AvgIpc) is 3.29. The lowest BCUT2D eigenvalue weighted by molar-refractivity contribution is 0.266. The summed E-state index contributed by atoms with van der Waals surface area (Å²) in [7, 11) is 1.72. The number of para-hydroxylation sites is 1. The Labute approximate surface area is 204 Å². The van der Waals surface area contributed by atoms with Gasteiger partial charge in [-0.15, -0.1) is 11.8 Å². The van der Waals surface area contributed by atoms with Crippen LogP contribution in [-0.2, 0) is 12.2 Å². The minimum Gasteiger partial charge on any atom is -0.497 e. The Hall–Kier alpha value is -1.95. The van der Waals surface area contributed by atoms with Gasteiger partial charge in [0.05, 0.1) is 7.11 Å². The number of rotatable bonds is 10. The second kappa shape index (κ2) is 11.8. The molecule has 3 nitrogen and oxygen atoms in total. The van der Waals surface area contributed by atoms with E-state index in [9.17, 15) is 0 Å². The van der Waals surface area contributed by atoms with Crippen molar-refractivity contribution >= 4 is 33.4 Å². The predicted octanol–water partition coefficient (Wildman–Crippen LogP) is 6.87. The number of hydrogen-bond acceptors (Lipinski definition) is 4. The summed E-state index contributed by atoms with van der Waals surface area (Å²) in [6.45, 7) is 3.30. The maximum atomic E-state index is 5.27. The summed E-state index contributed by atoms with van der Waals surface area (Å²) < 4.78 is 6.45. The van der Waals surface area contributed by atoms with Crippen molar-refractivity contribution in [2.75, 3.05) is 32.1 Å². The van der Waals surface area contributed by atoms with E-state index in [1.807, 2.05) is 11.8 Å². The van der Waals surface area contributed by atoms with Crippen LogP contribution in [0.15, 0.2) is 82.2 Å². The van der Waals surface area contributed by atoms with E-state index in [0.717, 1.165) is 31.0 Å². The maximum Gasteiger partial charge on any atom is 0.118 e. The largest absolute Gasteiger partial charge is 0.497 e. The molecule has 0 bridgehead atoms. The molecule has 1 unspecified atom stereocenters. The zero-order valence-corrected chi connectivity index (χ0v) is 21.0. The summed E-state index contributed by atoms with van der Waals surface area (Å²) in [5, 5.41) is 3.76. The fourth-order valence-electron chi connectivity index (χ4n) is 4.22. The second-order valence-electron chi connectivity index (χ2n) is 8.19. The molecule has 0 amide bonds. The molecule has 3 aromatic rings. The van der Waals surface area contributed by atoms with Crippen molar-refractivity contribution in [3.8, 4) is 5.75 Å². The lowest BCUT2D eigenvalue weighted by atomic mass is 10.1. The Bertz CT molecular complexity index is 995. The van der Waals surface area contributed by atoms with E-state index in [4.69, 9.17) is 4.74 Å². The Kier molecular flexibility index (Phi) is 8.55. The summed E-state index contributed by atoms with van der Waals surface area (Å²) >= 11 is 5.56. The predicted molar refractivity (Wildman–Crippen MR) is 140 cm³/mol. The number of nitrogens with zero attached hydrogens (tertiary/aromatic N) is 1. The third-order valence-corrected chi connectivity index (χ3v) is 8.00. The number of hydrogen-bond donors (Lipinski definition) is 1. The minimum absolute atomic E-state index is 0.592. The van der Waals surface area contributed by atoms with E-state index in [2.05, 4.69) is 98.9 Å². The van der Waals surface area contributed by atoms with Crippen LogP contribution in [0.3, 0.4) is 0 Å². The summed E-state index contributed by atoms with van der Waals surface area (Å²) in [6.07, 6.45) is 3.63. The molecule has 1 heterocycles. The van der Waals surface area contributed by atoms with Gasteiger partial charge < -0.3 is 10.1 Å². The lowest BCUT2D eigenvalue weighted by Crippen LogP contribution is -2.36. The van der Waals surface area contributed by atoms with Gasteiger partial charge in [-0.05, 0) is 67.3 Å². The molecule has 32 heavy (non-hydrogen) atoms. The first-order chi connectivity index (χ1) is 15.7. The third kappa shape index (κ3) is 6.31. The fraction of sp³-hybridized carbons (Fsp3) is 0.333. The highest BCUT2D eigenvalue weighted by Crippen LogP contribution is 2.32. The number of nitrogens with one attached hydrogen (secondary N) is 1. The Morgan fingerprint density at radius 3 is 2.62 bits per heavy atom. The molecule has 1 saturated heterocycles. The van der Waals surface area contributed by atoms with E-state index >= 15 is 0 Å². The molecule has 168 valence electrons. The number of ether oxygens (including phenoxy) is 1. The first kappa shape index (κ1) is 23.2. The molecule has 1 aliphatic heterocycles. The number of halogens is 1. The van der Waals surface area contributed by atoms with Crippen molar-refractivity contribution in [2.24, 2.45) is 0 Å². The number of benzene rings is 3. The standard InChI is InChI=1S/C27H31BrN2OS/c1-31-24-14-12-21(13-15-24)16-18-30-17-6-8-23(30)19-29-26-10-4-5-11-27(26)32-20-22-7-2-3-9-25(22)28/h2-5,7,9-15,23,29H,6,8,16-20H2,1H3. The second-order valence-corrected chi connectivity index (χ2v) is 10.1. The van der Waals surface area contributed by atoms with Gasteiger partial charge in [-0.25, -0.2) is 0 Å². The lowest BCUT2D eigenvalue weighted by Gasteiger charge is -2.25. The van der Waals surface area contributed by atoms with Gasteiger partial charge in [-0.3, -0.25) is 4.90 Å². The minimum atomic E-state index is 0.592. The average molecular weight is 512 g/mol. The highest BCUT2D eigenvalue weighted by Gasteiger charge is 2.24. The van der Waals surface area contributed by atoms with Crippen molar-refractivity contribution in [3.63, 3.8) is 0 Å². The van der Waals surface area contributed by atoms with Crippen LogP contribution in [0, 0.1) is 0 Å². The molecule has 1 N–H and O–H groups in total. The zero-order valence-electron chi connectivity index (χ0n) is 18.6. The first-order valence-electron chi connectivity index (χ1n) is 11.3. The number of likely N-dealkylation sites (tertiary alicyclic amines) is 1. The summed E-state index contributed by atoms with van der Waals surface area (Å²) in [5.74, 6) is 1.88. The fourth-order valence-corrected chi connectivity index (χ4v) is 5.87. The maximum absolute atomic E-state index is 5.27. The molecule has 1 aliphatic rings. The Balaban J connectivity index is 1.31. The van der Waals surface area contributed by atoms with Crippen molar-refractivity contribution in [1.82, 2.24) is 4.90 Å². The van der Waals surface area contributed by atoms with Gasteiger partial charge in [0.2, 0.25) is 0 Å². The van der Waals surface area contributed by atoms with Crippen molar-refractivity contribution < 1.29 is 4.74 Å². The SMILES string of the molecule is COc1ccc(CCN2CCCC2CNc2ccccc2SCc2ccccc2Br)cc1. The van der Waals surface area contributed by atoms with Crippen molar-refractivity contribution in [1.29, 1.82) is 0 Å². The van der Waals surface area contributed by atoms with Crippen LogP contribution in [0.1, 0.15) is 24.0 Å². The van der Waals surface area contributed by atoms with E-state index < -0.39 is 0 Å². The molecule has 0 aromatic heterocycles. The Morgan fingerprint density at radius 2 is 1.81 bits per heavy atom. The molecule has 3 aromatic carbocycles. The first-order valence-corrected chi connectivity index (χ1v) is 13.1. The normalized spacial score (nSPS) is 16.2. The monoisotopic (exact) mass is 510 g/mol. The molecule has 0 radical (unpaired) electrons. The van der Waals surface area contributed by atoms with Gasteiger partial charge in [-0.2, -0.15) is 0 Å². The summed E-state index contributed by atoms with van der Waals surface area (Å²) in [5.41, 5.74) is 3.94. The van der Waals surface area contributed by atoms with Crippen LogP contribution in [-0.4, -0.2) is 37.7 Å².